The highest BCUT2D eigenvalue weighted by molar-refractivity contribution is 7.93. The summed E-state index contributed by atoms with van der Waals surface area (Å²) in [6.07, 6.45) is 2.87. The fourth-order valence-electron chi connectivity index (χ4n) is 1.69. The smallest absolute Gasteiger partial charge is 0.270 e. The summed E-state index contributed by atoms with van der Waals surface area (Å²) in [4.78, 5) is 13.6. The molecule has 0 aliphatic rings. The number of nitro groups is 1. The molecule has 0 saturated heterocycles. The Morgan fingerprint density at radius 3 is 2.62 bits per heavy atom. The van der Waals surface area contributed by atoms with Gasteiger partial charge in [-0.15, -0.1) is 0 Å². The van der Waals surface area contributed by atoms with Crippen LogP contribution in [0.2, 0.25) is 0 Å². The van der Waals surface area contributed by atoms with Crippen LogP contribution in [0.5, 0.6) is 0 Å². The molecule has 2 rings (SSSR count). The van der Waals surface area contributed by atoms with Gasteiger partial charge in [-0.3, -0.25) is 19.4 Å². The topological polar surface area (TPSA) is 119 Å². The SMILES string of the molecule is CN(c1cccnc1)S(=O)(=O)c1cc([N+](=O)[O-])ccc1N. The molecule has 0 aliphatic heterocycles. The molecule has 2 N–H and O–H groups in total. The lowest BCUT2D eigenvalue weighted by Crippen LogP contribution is -2.27. The molecule has 8 nitrogen and oxygen atoms in total. The van der Waals surface area contributed by atoms with Crippen molar-refractivity contribution in [2.24, 2.45) is 0 Å². The second kappa shape index (κ2) is 5.37. The maximum atomic E-state index is 12.5. The van der Waals surface area contributed by atoms with Crippen molar-refractivity contribution in [1.29, 1.82) is 0 Å². The fourth-order valence-corrected chi connectivity index (χ4v) is 3.00. The molecule has 1 aromatic carbocycles. The molecular weight excluding hydrogens is 296 g/mol. The Hall–Kier alpha value is -2.68. The number of nitrogen functional groups attached to an aromatic ring is 1. The summed E-state index contributed by atoms with van der Waals surface area (Å²) in [5.41, 5.74) is 5.57. The van der Waals surface area contributed by atoms with E-state index in [2.05, 4.69) is 4.98 Å². The average Bonchev–Trinajstić information content (AvgIpc) is 2.47. The van der Waals surface area contributed by atoms with Crippen LogP contribution in [0.4, 0.5) is 17.1 Å². The Morgan fingerprint density at radius 2 is 2.05 bits per heavy atom. The Kier molecular flexibility index (Phi) is 3.76. The predicted molar refractivity (Wildman–Crippen MR) is 77.3 cm³/mol. The molecule has 110 valence electrons. The van der Waals surface area contributed by atoms with Crippen molar-refractivity contribution in [2.45, 2.75) is 4.90 Å². The van der Waals surface area contributed by atoms with E-state index in [4.69, 9.17) is 5.73 Å². The van der Waals surface area contributed by atoms with Crippen LogP contribution in [0.15, 0.2) is 47.6 Å². The van der Waals surface area contributed by atoms with Crippen LogP contribution >= 0.6 is 0 Å². The first-order valence-corrected chi connectivity index (χ1v) is 7.21. The summed E-state index contributed by atoms with van der Waals surface area (Å²) in [5, 5.41) is 10.8. The molecule has 0 unspecified atom stereocenters. The Bertz CT molecular complexity index is 777. The van der Waals surface area contributed by atoms with Crippen molar-refractivity contribution in [3.8, 4) is 0 Å². The highest BCUT2D eigenvalue weighted by Gasteiger charge is 2.26. The van der Waals surface area contributed by atoms with Crippen molar-refractivity contribution in [1.82, 2.24) is 4.98 Å². The Balaban J connectivity index is 2.54. The number of benzene rings is 1. The molecule has 1 aromatic heterocycles. The van der Waals surface area contributed by atoms with Gasteiger partial charge in [0.25, 0.3) is 15.7 Å². The van der Waals surface area contributed by atoms with E-state index in [9.17, 15) is 18.5 Å². The monoisotopic (exact) mass is 308 g/mol. The van der Waals surface area contributed by atoms with Crippen LogP contribution < -0.4 is 10.0 Å². The van der Waals surface area contributed by atoms with Gasteiger partial charge in [-0.25, -0.2) is 8.42 Å². The quantitative estimate of drug-likeness (QED) is 0.518. The van der Waals surface area contributed by atoms with Crippen molar-refractivity contribution in [3.05, 3.63) is 52.8 Å². The van der Waals surface area contributed by atoms with Gasteiger partial charge in [-0.2, -0.15) is 0 Å². The van der Waals surface area contributed by atoms with Crippen molar-refractivity contribution < 1.29 is 13.3 Å². The summed E-state index contributed by atoms with van der Waals surface area (Å²) < 4.78 is 26.0. The van der Waals surface area contributed by atoms with Crippen LogP contribution in [0.3, 0.4) is 0 Å². The zero-order chi connectivity index (χ0) is 15.6. The number of hydrogen-bond donors (Lipinski definition) is 1. The number of rotatable bonds is 4. The average molecular weight is 308 g/mol. The minimum atomic E-state index is -4.01. The van der Waals surface area contributed by atoms with Gasteiger partial charge in [-0.05, 0) is 18.2 Å². The van der Waals surface area contributed by atoms with Crippen molar-refractivity contribution in [3.63, 3.8) is 0 Å². The number of nitrogens with two attached hydrogens (primary N) is 1. The highest BCUT2D eigenvalue weighted by atomic mass is 32.2. The normalized spacial score (nSPS) is 11.1. The zero-order valence-corrected chi connectivity index (χ0v) is 11.8. The molecule has 0 aliphatic carbocycles. The fraction of sp³-hybridized carbons (Fsp3) is 0.0833. The van der Waals surface area contributed by atoms with E-state index in [0.717, 1.165) is 16.4 Å². The lowest BCUT2D eigenvalue weighted by molar-refractivity contribution is -0.385. The van der Waals surface area contributed by atoms with E-state index in [0.29, 0.717) is 5.69 Å². The van der Waals surface area contributed by atoms with E-state index >= 15 is 0 Å². The third-order valence-electron chi connectivity index (χ3n) is 2.86. The predicted octanol–water partition coefficient (Wildman–Crippen LogP) is 1.40. The number of pyridine rings is 1. The summed E-state index contributed by atoms with van der Waals surface area (Å²) in [6, 6.07) is 6.42. The van der Waals surface area contributed by atoms with Crippen LogP contribution in [-0.4, -0.2) is 25.4 Å². The zero-order valence-electron chi connectivity index (χ0n) is 11.0. The van der Waals surface area contributed by atoms with Crippen molar-refractivity contribution in [2.75, 3.05) is 17.1 Å². The number of nitrogens with zero attached hydrogens (tertiary/aromatic N) is 3. The number of nitro benzene ring substituents is 1. The number of non-ortho nitro benzene ring substituents is 1. The lowest BCUT2D eigenvalue weighted by atomic mass is 10.3. The van der Waals surface area contributed by atoms with Crippen LogP contribution in [-0.2, 0) is 10.0 Å². The van der Waals surface area contributed by atoms with Gasteiger partial charge in [0, 0.05) is 25.4 Å². The van der Waals surface area contributed by atoms with E-state index < -0.39 is 14.9 Å². The first-order chi connectivity index (χ1) is 9.84. The largest absolute Gasteiger partial charge is 0.398 e. The molecule has 0 amide bonds. The summed E-state index contributed by atoms with van der Waals surface area (Å²) in [6.45, 7) is 0. The third-order valence-corrected chi connectivity index (χ3v) is 4.70. The standard InChI is InChI=1S/C12H12N4O4S/c1-15(10-3-2-6-14-8-10)21(19,20)12-7-9(16(17)18)4-5-11(12)13/h2-8H,13H2,1H3. The summed E-state index contributed by atoms with van der Waals surface area (Å²) in [7, 11) is -2.69. The Labute approximate surface area is 121 Å². The molecule has 0 bridgehead atoms. The van der Waals surface area contributed by atoms with Gasteiger partial charge < -0.3 is 5.73 Å². The molecule has 1 heterocycles. The van der Waals surface area contributed by atoms with Gasteiger partial charge in [0.2, 0.25) is 0 Å². The van der Waals surface area contributed by atoms with Gasteiger partial charge in [0.1, 0.15) is 4.90 Å². The summed E-state index contributed by atoms with van der Waals surface area (Å²) >= 11 is 0. The molecule has 9 heteroatoms. The maximum Gasteiger partial charge on any atom is 0.270 e. The molecule has 0 fully saturated rings. The number of anilines is 2. The third kappa shape index (κ3) is 2.77. The van der Waals surface area contributed by atoms with E-state index in [-0.39, 0.29) is 16.3 Å². The molecule has 0 spiro atoms. The minimum Gasteiger partial charge on any atom is -0.398 e. The van der Waals surface area contributed by atoms with Gasteiger partial charge in [0.05, 0.1) is 22.5 Å². The Morgan fingerprint density at radius 1 is 1.33 bits per heavy atom. The highest BCUT2D eigenvalue weighted by Crippen LogP contribution is 2.28. The molecule has 21 heavy (non-hydrogen) atoms. The number of aromatic nitrogens is 1. The van der Waals surface area contributed by atoms with Gasteiger partial charge in [0.15, 0.2) is 0 Å². The lowest BCUT2D eigenvalue weighted by Gasteiger charge is -2.19. The van der Waals surface area contributed by atoms with Crippen LogP contribution in [0.1, 0.15) is 0 Å². The van der Waals surface area contributed by atoms with E-state index in [1.807, 2.05) is 0 Å². The van der Waals surface area contributed by atoms with Gasteiger partial charge >= 0.3 is 0 Å². The first-order valence-electron chi connectivity index (χ1n) is 5.77. The van der Waals surface area contributed by atoms with E-state index in [1.165, 1.54) is 25.5 Å². The molecule has 0 atom stereocenters. The van der Waals surface area contributed by atoms with E-state index in [1.54, 1.807) is 12.1 Å². The number of hydrogen-bond acceptors (Lipinski definition) is 6. The van der Waals surface area contributed by atoms with Crippen LogP contribution in [0.25, 0.3) is 0 Å². The van der Waals surface area contributed by atoms with Crippen molar-refractivity contribution >= 4 is 27.1 Å². The van der Waals surface area contributed by atoms with Crippen LogP contribution in [0, 0.1) is 10.1 Å². The molecule has 0 saturated carbocycles. The second-order valence-corrected chi connectivity index (χ2v) is 6.10. The summed E-state index contributed by atoms with van der Waals surface area (Å²) in [5.74, 6) is 0. The molecular formula is C12H12N4O4S. The number of sulfonamides is 1. The minimum absolute atomic E-state index is 0.0589. The molecule has 0 radical (unpaired) electrons. The maximum absolute atomic E-state index is 12.5. The van der Waals surface area contributed by atoms with Gasteiger partial charge in [-0.1, -0.05) is 0 Å². The molecule has 2 aromatic rings. The second-order valence-electron chi connectivity index (χ2n) is 4.16. The first kappa shape index (κ1) is 14.7.